The number of anilines is 2. The fourth-order valence-corrected chi connectivity index (χ4v) is 2.89. The van der Waals surface area contributed by atoms with Gasteiger partial charge < -0.3 is 19.9 Å². The molecule has 3 heterocycles. The van der Waals surface area contributed by atoms with Gasteiger partial charge in [-0.2, -0.15) is 0 Å². The second kappa shape index (κ2) is 5.81. The largest absolute Gasteiger partial charge is 0.380 e. The van der Waals surface area contributed by atoms with Crippen molar-refractivity contribution in [2.45, 2.75) is 25.5 Å². The highest BCUT2D eigenvalue weighted by molar-refractivity contribution is 5.73. The van der Waals surface area contributed by atoms with Crippen molar-refractivity contribution in [3.63, 3.8) is 0 Å². The van der Waals surface area contributed by atoms with Crippen molar-refractivity contribution in [3.8, 4) is 0 Å². The highest BCUT2D eigenvalue weighted by atomic mass is 16.5. The fraction of sp³-hybridized carbons (Fsp3) is 0.533. The van der Waals surface area contributed by atoms with Crippen molar-refractivity contribution >= 4 is 11.5 Å². The maximum absolute atomic E-state index is 5.20. The van der Waals surface area contributed by atoms with E-state index in [1.165, 1.54) is 0 Å². The summed E-state index contributed by atoms with van der Waals surface area (Å²) >= 11 is 0. The summed E-state index contributed by atoms with van der Waals surface area (Å²) in [6.45, 7) is 2.77. The Morgan fingerprint density at radius 3 is 2.90 bits per heavy atom. The number of piperidine rings is 1. The molecular formula is C15H22N4O. The maximum atomic E-state index is 5.20. The summed E-state index contributed by atoms with van der Waals surface area (Å²) in [5.74, 6) is 1.06. The number of aromatic nitrogens is 1. The van der Waals surface area contributed by atoms with Gasteiger partial charge in [-0.1, -0.05) is 0 Å². The van der Waals surface area contributed by atoms with Crippen molar-refractivity contribution in [3.05, 3.63) is 30.2 Å². The fourth-order valence-electron chi connectivity index (χ4n) is 2.89. The molecule has 2 aliphatic rings. The van der Waals surface area contributed by atoms with E-state index in [0.717, 1.165) is 43.0 Å². The number of nitrogens with zero attached hydrogens (tertiary/aromatic N) is 3. The number of pyridine rings is 1. The molecule has 1 fully saturated rings. The molecule has 20 heavy (non-hydrogen) atoms. The summed E-state index contributed by atoms with van der Waals surface area (Å²) in [7, 11) is 3.78. The van der Waals surface area contributed by atoms with Crippen LogP contribution >= 0.6 is 0 Å². The van der Waals surface area contributed by atoms with Crippen molar-refractivity contribution in [2.75, 3.05) is 37.0 Å². The zero-order chi connectivity index (χ0) is 13.9. The van der Waals surface area contributed by atoms with E-state index in [9.17, 15) is 0 Å². The third kappa shape index (κ3) is 2.51. The Balaban J connectivity index is 1.90. The summed E-state index contributed by atoms with van der Waals surface area (Å²) in [5.41, 5.74) is 2.26. The molecule has 0 radical (unpaired) electrons. The van der Waals surface area contributed by atoms with Gasteiger partial charge in [0, 0.05) is 38.8 Å². The molecule has 5 nitrogen and oxygen atoms in total. The summed E-state index contributed by atoms with van der Waals surface area (Å²) in [6, 6.07) is 2.71. The number of rotatable bonds is 3. The normalized spacial score (nSPS) is 19.3. The van der Waals surface area contributed by atoms with E-state index in [4.69, 9.17) is 4.74 Å². The van der Waals surface area contributed by atoms with Crippen LogP contribution in [0.25, 0.3) is 0 Å². The molecule has 1 aromatic heterocycles. The highest BCUT2D eigenvalue weighted by Crippen LogP contribution is 2.34. The van der Waals surface area contributed by atoms with E-state index >= 15 is 0 Å². The average Bonchev–Trinajstić information content (AvgIpc) is 2.49. The van der Waals surface area contributed by atoms with E-state index in [2.05, 4.69) is 45.6 Å². The van der Waals surface area contributed by atoms with Crippen LogP contribution in [-0.4, -0.2) is 38.3 Å². The molecule has 1 aromatic rings. The molecule has 0 bridgehead atoms. The van der Waals surface area contributed by atoms with Gasteiger partial charge in [0.25, 0.3) is 0 Å². The van der Waals surface area contributed by atoms with Crippen molar-refractivity contribution in [1.82, 2.24) is 10.3 Å². The van der Waals surface area contributed by atoms with Crippen molar-refractivity contribution in [2.24, 2.45) is 0 Å². The minimum Gasteiger partial charge on any atom is -0.380 e. The molecule has 2 aliphatic heterocycles. The van der Waals surface area contributed by atoms with Crippen LogP contribution in [0.4, 0.5) is 11.5 Å². The van der Waals surface area contributed by atoms with Crippen LogP contribution in [0.1, 0.15) is 18.4 Å². The molecule has 108 valence electrons. The third-order valence-corrected chi connectivity index (χ3v) is 3.99. The minimum atomic E-state index is 0.542. The standard InChI is InChI=1S/C15H22N4O/c1-18-7-8-19(13-3-5-16-6-4-13)15-14(18)9-12(10-17-15)11-20-2/h7-10,13,16H,3-6,11H2,1-2H3. The van der Waals surface area contributed by atoms with Gasteiger partial charge >= 0.3 is 0 Å². The molecule has 0 saturated carbocycles. The molecule has 0 aliphatic carbocycles. The van der Waals surface area contributed by atoms with Crippen LogP contribution in [-0.2, 0) is 11.3 Å². The Hall–Kier alpha value is -1.59. The van der Waals surface area contributed by atoms with Gasteiger partial charge in [-0.25, -0.2) is 4.98 Å². The molecule has 0 amide bonds. The first kappa shape index (κ1) is 13.4. The summed E-state index contributed by atoms with van der Waals surface area (Å²) in [6.07, 6.45) is 8.51. The monoisotopic (exact) mass is 274 g/mol. The molecule has 0 unspecified atom stereocenters. The van der Waals surface area contributed by atoms with Crippen LogP contribution in [0, 0.1) is 0 Å². The number of fused-ring (bicyclic) bond motifs is 1. The SMILES string of the molecule is COCc1cnc2c(c1)N(C)C=CN2C1CCNCC1. The maximum Gasteiger partial charge on any atom is 0.156 e. The second-order valence-electron chi connectivity index (χ2n) is 5.42. The van der Waals surface area contributed by atoms with Crippen molar-refractivity contribution < 1.29 is 4.74 Å². The molecule has 0 atom stereocenters. The van der Waals surface area contributed by atoms with Crippen molar-refractivity contribution in [1.29, 1.82) is 0 Å². The third-order valence-electron chi connectivity index (χ3n) is 3.99. The van der Waals surface area contributed by atoms with E-state index < -0.39 is 0 Å². The first-order chi connectivity index (χ1) is 9.79. The predicted octanol–water partition coefficient (Wildman–Crippen LogP) is 1.71. The topological polar surface area (TPSA) is 40.6 Å². The van der Waals surface area contributed by atoms with Crippen LogP contribution in [0.3, 0.4) is 0 Å². The number of ether oxygens (including phenoxy) is 1. The number of methoxy groups -OCH3 is 1. The second-order valence-corrected chi connectivity index (χ2v) is 5.42. The molecular weight excluding hydrogens is 252 g/mol. The quantitative estimate of drug-likeness (QED) is 0.908. The van der Waals surface area contributed by atoms with Crippen LogP contribution < -0.4 is 15.1 Å². The van der Waals surface area contributed by atoms with E-state index in [1.807, 2.05) is 6.20 Å². The van der Waals surface area contributed by atoms with Gasteiger partial charge in [0.1, 0.15) is 0 Å². The van der Waals surface area contributed by atoms with Gasteiger partial charge in [0.05, 0.1) is 12.3 Å². The number of hydrogen-bond acceptors (Lipinski definition) is 5. The predicted molar refractivity (Wildman–Crippen MR) is 80.9 cm³/mol. The number of hydrogen-bond donors (Lipinski definition) is 1. The average molecular weight is 274 g/mol. The van der Waals surface area contributed by atoms with E-state index in [0.29, 0.717) is 12.6 Å². The van der Waals surface area contributed by atoms with Gasteiger partial charge in [-0.3, -0.25) is 0 Å². The first-order valence-corrected chi connectivity index (χ1v) is 7.17. The molecule has 5 heteroatoms. The Labute approximate surface area is 120 Å². The lowest BCUT2D eigenvalue weighted by atomic mass is 10.0. The molecule has 3 rings (SSSR count). The van der Waals surface area contributed by atoms with Gasteiger partial charge in [-0.05, 0) is 37.6 Å². The first-order valence-electron chi connectivity index (χ1n) is 7.17. The Morgan fingerprint density at radius 1 is 1.35 bits per heavy atom. The molecule has 1 saturated heterocycles. The number of nitrogens with one attached hydrogen (secondary N) is 1. The lowest BCUT2D eigenvalue weighted by Gasteiger charge is -2.38. The zero-order valence-corrected chi connectivity index (χ0v) is 12.2. The van der Waals surface area contributed by atoms with E-state index in [-0.39, 0.29) is 0 Å². The summed E-state index contributed by atoms with van der Waals surface area (Å²) in [5, 5.41) is 3.41. The Morgan fingerprint density at radius 2 is 2.15 bits per heavy atom. The zero-order valence-electron chi connectivity index (χ0n) is 12.2. The molecule has 1 N–H and O–H groups in total. The van der Waals surface area contributed by atoms with Gasteiger partial charge in [0.15, 0.2) is 5.82 Å². The van der Waals surface area contributed by atoms with Crippen LogP contribution in [0.5, 0.6) is 0 Å². The Bertz CT molecular complexity index is 497. The lowest BCUT2D eigenvalue weighted by Crippen LogP contribution is -2.42. The van der Waals surface area contributed by atoms with Crippen LogP contribution in [0.2, 0.25) is 0 Å². The van der Waals surface area contributed by atoms with Gasteiger partial charge in [0.2, 0.25) is 0 Å². The highest BCUT2D eigenvalue weighted by Gasteiger charge is 2.26. The van der Waals surface area contributed by atoms with E-state index in [1.54, 1.807) is 7.11 Å². The van der Waals surface area contributed by atoms with Crippen LogP contribution in [0.15, 0.2) is 24.7 Å². The Kier molecular flexibility index (Phi) is 3.89. The summed E-state index contributed by atoms with van der Waals surface area (Å²) < 4.78 is 5.20. The summed E-state index contributed by atoms with van der Waals surface area (Å²) in [4.78, 5) is 9.13. The lowest BCUT2D eigenvalue weighted by molar-refractivity contribution is 0.184. The minimum absolute atomic E-state index is 0.542. The van der Waals surface area contributed by atoms with Gasteiger partial charge in [-0.15, -0.1) is 0 Å². The molecule has 0 spiro atoms. The molecule has 0 aromatic carbocycles. The smallest absolute Gasteiger partial charge is 0.156 e.